The van der Waals surface area contributed by atoms with Crippen LogP contribution in [-0.2, 0) is 4.79 Å². The Morgan fingerprint density at radius 2 is 1.79 bits per heavy atom. The minimum absolute atomic E-state index is 0.00490. The Kier molecular flexibility index (Phi) is 8.72. The third-order valence-electron chi connectivity index (χ3n) is 4.20. The van der Waals surface area contributed by atoms with E-state index in [2.05, 4.69) is 22.8 Å². The van der Waals surface area contributed by atoms with Crippen LogP contribution < -0.4 is 15.5 Å². The van der Waals surface area contributed by atoms with Gasteiger partial charge in [-0.1, -0.05) is 38.3 Å². The molecule has 0 saturated carbocycles. The molecule has 28 heavy (non-hydrogen) atoms. The van der Waals surface area contributed by atoms with E-state index in [0.717, 1.165) is 31.2 Å². The van der Waals surface area contributed by atoms with E-state index in [4.69, 9.17) is 4.74 Å². The van der Waals surface area contributed by atoms with Gasteiger partial charge in [-0.25, -0.2) is 5.43 Å². The number of carbonyl (C=O) groups is 2. The van der Waals surface area contributed by atoms with Gasteiger partial charge >= 0.3 is 0 Å². The molecule has 0 fully saturated rings. The fourth-order valence-electron chi connectivity index (χ4n) is 2.64. The van der Waals surface area contributed by atoms with Crippen LogP contribution in [-0.4, -0.2) is 25.1 Å². The van der Waals surface area contributed by atoms with Gasteiger partial charge in [-0.3, -0.25) is 9.59 Å². The van der Waals surface area contributed by atoms with Crippen molar-refractivity contribution in [2.24, 2.45) is 5.10 Å². The molecular formula is C22H27N3O3. The molecule has 6 heteroatoms. The van der Waals surface area contributed by atoms with Crippen molar-refractivity contribution < 1.29 is 14.3 Å². The van der Waals surface area contributed by atoms with Crippen LogP contribution >= 0.6 is 0 Å². The summed E-state index contributed by atoms with van der Waals surface area (Å²) in [5, 5.41) is 6.82. The summed E-state index contributed by atoms with van der Waals surface area (Å²) in [6, 6.07) is 14.1. The van der Waals surface area contributed by atoms with Gasteiger partial charge in [0.15, 0.2) is 0 Å². The number of rotatable bonds is 10. The van der Waals surface area contributed by atoms with E-state index in [1.807, 2.05) is 24.3 Å². The first-order valence-electron chi connectivity index (χ1n) is 9.50. The van der Waals surface area contributed by atoms with E-state index in [1.165, 1.54) is 6.21 Å². The minimum atomic E-state index is -0.330. The number of methoxy groups -OCH3 is 1. The van der Waals surface area contributed by atoms with E-state index in [-0.39, 0.29) is 11.8 Å². The van der Waals surface area contributed by atoms with Gasteiger partial charge in [0.05, 0.1) is 13.3 Å². The number of para-hydroxylation sites is 1. The smallest absolute Gasteiger partial charge is 0.271 e. The molecule has 0 unspecified atom stereocenters. The average molecular weight is 381 g/mol. The Hall–Kier alpha value is -3.15. The monoisotopic (exact) mass is 381 g/mol. The molecule has 0 aliphatic carbocycles. The maximum absolute atomic E-state index is 12.2. The minimum Gasteiger partial charge on any atom is -0.496 e. The lowest BCUT2D eigenvalue weighted by atomic mass is 10.1. The van der Waals surface area contributed by atoms with Crippen LogP contribution in [0, 0.1) is 0 Å². The van der Waals surface area contributed by atoms with Gasteiger partial charge in [0.25, 0.3) is 5.91 Å². The predicted octanol–water partition coefficient (Wildman–Crippen LogP) is 4.37. The Bertz CT molecular complexity index is 801. The molecule has 2 aromatic carbocycles. The van der Waals surface area contributed by atoms with E-state index in [9.17, 15) is 9.59 Å². The van der Waals surface area contributed by atoms with Gasteiger partial charge in [0.1, 0.15) is 5.75 Å². The molecule has 2 amide bonds. The maximum atomic E-state index is 12.2. The van der Waals surface area contributed by atoms with Gasteiger partial charge in [0.2, 0.25) is 5.91 Å². The summed E-state index contributed by atoms with van der Waals surface area (Å²) >= 11 is 0. The van der Waals surface area contributed by atoms with Crippen molar-refractivity contribution in [1.82, 2.24) is 5.43 Å². The first kappa shape index (κ1) is 21.2. The normalized spacial score (nSPS) is 10.6. The fraction of sp³-hybridized carbons (Fsp3) is 0.318. The van der Waals surface area contributed by atoms with E-state index < -0.39 is 0 Å². The van der Waals surface area contributed by atoms with Crippen molar-refractivity contribution >= 4 is 23.7 Å². The highest BCUT2D eigenvalue weighted by Crippen LogP contribution is 2.15. The third kappa shape index (κ3) is 6.87. The van der Waals surface area contributed by atoms with Gasteiger partial charge in [0, 0.05) is 23.2 Å². The second-order valence-corrected chi connectivity index (χ2v) is 6.38. The zero-order chi connectivity index (χ0) is 20.2. The van der Waals surface area contributed by atoms with Crippen molar-refractivity contribution in [3.63, 3.8) is 0 Å². The summed E-state index contributed by atoms with van der Waals surface area (Å²) in [7, 11) is 1.58. The van der Waals surface area contributed by atoms with Gasteiger partial charge in [-0.15, -0.1) is 0 Å². The average Bonchev–Trinajstić information content (AvgIpc) is 2.72. The molecular weight excluding hydrogens is 354 g/mol. The highest BCUT2D eigenvalue weighted by Gasteiger charge is 2.06. The standard InChI is InChI=1S/C22H27N3O3/c1-3-4-5-6-11-21(26)24-19-14-12-17(13-15-19)22(27)25-23-16-18-9-7-8-10-20(18)28-2/h7-10,12-16H,3-6,11H2,1-2H3,(H,24,26)(H,25,27). The van der Waals surface area contributed by atoms with E-state index in [0.29, 0.717) is 23.4 Å². The number of nitrogens with zero attached hydrogens (tertiary/aromatic N) is 1. The van der Waals surface area contributed by atoms with Crippen LogP contribution in [0.15, 0.2) is 53.6 Å². The molecule has 0 heterocycles. The predicted molar refractivity (Wildman–Crippen MR) is 112 cm³/mol. The number of hydrogen-bond donors (Lipinski definition) is 2. The highest BCUT2D eigenvalue weighted by molar-refractivity contribution is 5.96. The largest absolute Gasteiger partial charge is 0.496 e. The third-order valence-corrected chi connectivity index (χ3v) is 4.20. The van der Waals surface area contributed by atoms with Crippen molar-refractivity contribution in [3.8, 4) is 5.75 Å². The maximum Gasteiger partial charge on any atom is 0.271 e. The summed E-state index contributed by atoms with van der Waals surface area (Å²) in [5.41, 5.74) is 4.38. The lowest BCUT2D eigenvalue weighted by molar-refractivity contribution is -0.116. The lowest BCUT2D eigenvalue weighted by Crippen LogP contribution is -2.18. The molecule has 0 saturated heterocycles. The molecule has 0 aliphatic heterocycles. The number of unbranched alkanes of at least 4 members (excludes halogenated alkanes) is 3. The van der Waals surface area contributed by atoms with Crippen LogP contribution in [0.2, 0.25) is 0 Å². The molecule has 0 bridgehead atoms. The summed E-state index contributed by atoms with van der Waals surface area (Å²) < 4.78 is 5.23. The first-order valence-corrected chi connectivity index (χ1v) is 9.50. The number of benzene rings is 2. The Morgan fingerprint density at radius 1 is 1.04 bits per heavy atom. The van der Waals surface area contributed by atoms with Crippen LogP contribution in [0.25, 0.3) is 0 Å². The van der Waals surface area contributed by atoms with Gasteiger partial charge in [-0.05, 0) is 42.8 Å². The summed E-state index contributed by atoms with van der Waals surface area (Å²) in [4.78, 5) is 24.1. The number of ether oxygens (including phenoxy) is 1. The van der Waals surface area contributed by atoms with Crippen LogP contribution in [0.1, 0.15) is 54.9 Å². The molecule has 0 atom stereocenters. The molecule has 0 aromatic heterocycles. The SMILES string of the molecule is CCCCCCC(=O)Nc1ccc(C(=O)NN=Cc2ccccc2OC)cc1. The molecule has 2 aromatic rings. The van der Waals surface area contributed by atoms with Crippen molar-refractivity contribution in [1.29, 1.82) is 0 Å². The van der Waals surface area contributed by atoms with E-state index >= 15 is 0 Å². The lowest BCUT2D eigenvalue weighted by Gasteiger charge is -2.06. The number of anilines is 1. The summed E-state index contributed by atoms with van der Waals surface area (Å²) in [5.74, 6) is 0.341. The molecule has 2 N–H and O–H groups in total. The topological polar surface area (TPSA) is 79.8 Å². The number of amides is 2. The zero-order valence-electron chi connectivity index (χ0n) is 16.4. The molecule has 0 radical (unpaired) electrons. The first-order chi connectivity index (χ1) is 13.6. The highest BCUT2D eigenvalue weighted by atomic mass is 16.5. The van der Waals surface area contributed by atoms with Gasteiger partial charge in [-0.2, -0.15) is 5.10 Å². The molecule has 148 valence electrons. The molecule has 0 aliphatic rings. The van der Waals surface area contributed by atoms with Crippen molar-refractivity contribution in [2.75, 3.05) is 12.4 Å². The summed E-state index contributed by atoms with van der Waals surface area (Å²) in [6.45, 7) is 2.14. The second kappa shape index (κ2) is 11.5. The summed E-state index contributed by atoms with van der Waals surface area (Å²) in [6.07, 6.45) is 6.30. The molecule has 6 nitrogen and oxygen atoms in total. The number of hydrogen-bond acceptors (Lipinski definition) is 4. The Morgan fingerprint density at radius 3 is 2.50 bits per heavy atom. The van der Waals surface area contributed by atoms with Crippen LogP contribution in [0.3, 0.4) is 0 Å². The number of hydrazone groups is 1. The number of nitrogens with one attached hydrogen (secondary N) is 2. The van der Waals surface area contributed by atoms with E-state index in [1.54, 1.807) is 31.4 Å². The zero-order valence-corrected chi connectivity index (χ0v) is 16.4. The van der Waals surface area contributed by atoms with Gasteiger partial charge < -0.3 is 10.1 Å². The Balaban J connectivity index is 1.84. The Labute approximate surface area is 166 Å². The van der Waals surface area contributed by atoms with Crippen LogP contribution in [0.5, 0.6) is 5.75 Å². The van der Waals surface area contributed by atoms with Crippen molar-refractivity contribution in [3.05, 3.63) is 59.7 Å². The second-order valence-electron chi connectivity index (χ2n) is 6.38. The van der Waals surface area contributed by atoms with Crippen molar-refractivity contribution in [2.45, 2.75) is 39.0 Å². The molecule has 0 spiro atoms. The molecule has 2 rings (SSSR count). The fourth-order valence-corrected chi connectivity index (χ4v) is 2.64. The number of carbonyl (C=O) groups excluding carboxylic acids is 2. The van der Waals surface area contributed by atoms with Crippen LogP contribution in [0.4, 0.5) is 5.69 Å². The quantitative estimate of drug-likeness (QED) is 0.364.